The fraction of sp³-hybridized carbons (Fsp3) is 0.188. The van der Waals surface area contributed by atoms with E-state index < -0.39 is 0 Å². The highest BCUT2D eigenvalue weighted by Crippen LogP contribution is 2.20. The number of carbonyl (C=O) groups is 1. The largest absolute Gasteiger partial charge is 0.296 e. The summed E-state index contributed by atoms with van der Waals surface area (Å²) in [7, 11) is 0. The Kier molecular flexibility index (Phi) is 3.66. The van der Waals surface area contributed by atoms with Gasteiger partial charge in [0.2, 0.25) is 0 Å². The van der Waals surface area contributed by atoms with Crippen LogP contribution in [-0.2, 0) is 6.42 Å². The zero-order chi connectivity index (χ0) is 14.8. The van der Waals surface area contributed by atoms with Gasteiger partial charge in [0, 0.05) is 11.3 Å². The first-order valence-corrected chi connectivity index (χ1v) is 7.56. The third-order valence-electron chi connectivity index (χ3n) is 3.28. The second-order valence-electron chi connectivity index (χ2n) is 5.05. The molecule has 0 aliphatic heterocycles. The molecule has 106 valence electrons. The zero-order valence-corrected chi connectivity index (χ0v) is 12.7. The minimum Gasteiger partial charge on any atom is -0.296 e. The monoisotopic (exact) mass is 297 g/mol. The van der Waals surface area contributed by atoms with Crippen molar-refractivity contribution >= 4 is 17.6 Å². The molecule has 21 heavy (non-hydrogen) atoms. The van der Waals surface area contributed by atoms with Crippen LogP contribution in [0.15, 0.2) is 35.7 Å². The van der Waals surface area contributed by atoms with Gasteiger partial charge in [-0.05, 0) is 48.6 Å². The van der Waals surface area contributed by atoms with Gasteiger partial charge >= 0.3 is 0 Å². The number of aldehydes is 1. The van der Waals surface area contributed by atoms with Gasteiger partial charge in [-0.25, -0.2) is 4.68 Å². The minimum atomic E-state index is 0.405. The number of hydrogen-bond acceptors (Lipinski definition) is 4. The van der Waals surface area contributed by atoms with Crippen molar-refractivity contribution in [3.8, 4) is 5.69 Å². The predicted molar refractivity (Wildman–Crippen MR) is 83.3 cm³/mol. The SMILES string of the molecule is Cc1cc(C)cc(-n2nnc(C=O)c2Cc2cccs2)c1. The van der Waals surface area contributed by atoms with Crippen molar-refractivity contribution < 1.29 is 4.79 Å². The number of nitrogens with zero attached hydrogens (tertiary/aromatic N) is 3. The van der Waals surface area contributed by atoms with Crippen molar-refractivity contribution in [3.63, 3.8) is 0 Å². The van der Waals surface area contributed by atoms with Crippen molar-refractivity contribution in [2.24, 2.45) is 0 Å². The number of rotatable bonds is 4. The maximum Gasteiger partial charge on any atom is 0.172 e. The van der Waals surface area contributed by atoms with Crippen LogP contribution in [0.1, 0.15) is 32.2 Å². The second kappa shape index (κ2) is 5.61. The molecule has 3 aromatic rings. The lowest BCUT2D eigenvalue weighted by molar-refractivity contribution is 0.111. The van der Waals surface area contributed by atoms with Crippen LogP contribution in [-0.4, -0.2) is 21.3 Å². The molecule has 2 heterocycles. The average molecular weight is 297 g/mol. The summed E-state index contributed by atoms with van der Waals surface area (Å²) in [6.45, 7) is 4.10. The van der Waals surface area contributed by atoms with Gasteiger partial charge in [0.1, 0.15) is 5.69 Å². The Bertz CT molecular complexity index is 755. The molecule has 5 heteroatoms. The topological polar surface area (TPSA) is 47.8 Å². The summed E-state index contributed by atoms with van der Waals surface area (Å²) < 4.78 is 1.77. The van der Waals surface area contributed by atoms with E-state index in [4.69, 9.17) is 0 Å². The summed E-state index contributed by atoms with van der Waals surface area (Å²) in [4.78, 5) is 12.4. The van der Waals surface area contributed by atoms with E-state index in [-0.39, 0.29) is 0 Å². The first-order valence-electron chi connectivity index (χ1n) is 6.68. The lowest BCUT2D eigenvalue weighted by atomic mass is 10.1. The van der Waals surface area contributed by atoms with Crippen LogP contribution in [0.3, 0.4) is 0 Å². The molecule has 0 atom stereocenters. The normalized spacial score (nSPS) is 10.8. The van der Waals surface area contributed by atoms with E-state index in [0.29, 0.717) is 12.1 Å². The Morgan fingerprint density at radius 1 is 1.24 bits per heavy atom. The van der Waals surface area contributed by atoms with E-state index >= 15 is 0 Å². The van der Waals surface area contributed by atoms with Gasteiger partial charge in [-0.3, -0.25) is 4.79 Å². The lowest BCUT2D eigenvalue weighted by Crippen LogP contribution is -2.04. The Balaban J connectivity index is 2.10. The molecule has 0 radical (unpaired) electrons. The highest BCUT2D eigenvalue weighted by atomic mass is 32.1. The van der Waals surface area contributed by atoms with Crippen molar-refractivity contribution in [1.82, 2.24) is 15.0 Å². The second-order valence-corrected chi connectivity index (χ2v) is 6.09. The van der Waals surface area contributed by atoms with E-state index in [9.17, 15) is 4.79 Å². The van der Waals surface area contributed by atoms with E-state index in [0.717, 1.165) is 28.8 Å². The number of aromatic nitrogens is 3. The van der Waals surface area contributed by atoms with Crippen molar-refractivity contribution in [3.05, 3.63) is 63.1 Å². The Morgan fingerprint density at radius 2 is 2.00 bits per heavy atom. The highest BCUT2D eigenvalue weighted by molar-refractivity contribution is 7.09. The molecule has 0 N–H and O–H groups in total. The summed E-state index contributed by atoms with van der Waals surface area (Å²) in [5.74, 6) is 0. The van der Waals surface area contributed by atoms with Gasteiger partial charge < -0.3 is 0 Å². The summed E-state index contributed by atoms with van der Waals surface area (Å²) in [5, 5.41) is 10.2. The predicted octanol–water partition coefficient (Wildman–Crippen LogP) is 3.35. The van der Waals surface area contributed by atoms with Gasteiger partial charge in [0.15, 0.2) is 6.29 Å². The molecule has 0 aliphatic carbocycles. The molecular formula is C16H15N3OS. The number of carbonyl (C=O) groups excluding carboxylic acids is 1. The Morgan fingerprint density at radius 3 is 2.62 bits per heavy atom. The third kappa shape index (κ3) is 2.78. The van der Waals surface area contributed by atoms with Crippen molar-refractivity contribution in [2.75, 3.05) is 0 Å². The summed E-state index contributed by atoms with van der Waals surface area (Å²) >= 11 is 1.67. The zero-order valence-electron chi connectivity index (χ0n) is 11.9. The van der Waals surface area contributed by atoms with Crippen LogP contribution in [0, 0.1) is 13.8 Å². The average Bonchev–Trinajstić information content (AvgIpc) is 3.07. The maximum atomic E-state index is 11.2. The molecule has 0 fully saturated rings. The van der Waals surface area contributed by atoms with Crippen LogP contribution in [0.4, 0.5) is 0 Å². The van der Waals surface area contributed by atoms with Crippen molar-refractivity contribution in [2.45, 2.75) is 20.3 Å². The number of hydrogen-bond donors (Lipinski definition) is 0. The fourth-order valence-corrected chi connectivity index (χ4v) is 3.14. The standard InChI is InChI=1S/C16H15N3OS/c1-11-6-12(2)8-13(7-11)19-16(15(10-20)17-18-19)9-14-4-3-5-21-14/h3-8,10H,9H2,1-2H3. The summed E-state index contributed by atoms with van der Waals surface area (Å²) in [6, 6.07) is 10.3. The molecule has 4 nitrogen and oxygen atoms in total. The van der Waals surface area contributed by atoms with Gasteiger partial charge in [0.25, 0.3) is 0 Å². The minimum absolute atomic E-state index is 0.405. The van der Waals surface area contributed by atoms with Crippen LogP contribution in [0.5, 0.6) is 0 Å². The molecule has 0 saturated heterocycles. The first-order chi connectivity index (χ1) is 10.2. The molecule has 0 aliphatic rings. The molecule has 0 saturated carbocycles. The molecule has 0 unspecified atom stereocenters. The smallest absolute Gasteiger partial charge is 0.172 e. The highest BCUT2D eigenvalue weighted by Gasteiger charge is 2.15. The molecular weight excluding hydrogens is 282 g/mol. The van der Waals surface area contributed by atoms with Crippen LogP contribution in [0.2, 0.25) is 0 Å². The first kappa shape index (κ1) is 13.7. The van der Waals surface area contributed by atoms with Crippen LogP contribution in [0.25, 0.3) is 5.69 Å². The molecule has 0 amide bonds. The quantitative estimate of drug-likeness (QED) is 0.694. The Hall–Kier alpha value is -2.27. The fourth-order valence-electron chi connectivity index (χ4n) is 2.43. The van der Waals surface area contributed by atoms with Crippen molar-refractivity contribution in [1.29, 1.82) is 0 Å². The van der Waals surface area contributed by atoms with Crippen LogP contribution < -0.4 is 0 Å². The lowest BCUT2D eigenvalue weighted by Gasteiger charge is -2.08. The number of benzene rings is 1. The van der Waals surface area contributed by atoms with Gasteiger partial charge in [-0.2, -0.15) is 0 Å². The summed E-state index contributed by atoms with van der Waals surface area (Å²) in [6.07, 6.45) is 1.43. The number of thiophene rings is 1. The molecule has 0 bridgehead atoms. The van der Waals surface area contributed by atoms with Crippen LogP contribution >= 0.6 is 11.3 Å². The van der Waals surface area contributed by atoms with E-state index in [2.05, 4.69) is 22.4 Å². The van der Waals surface area contributed by atoms with E-state index in [1.54, 1.807) is 16.0 Å². The number of aryl methyl sites for hydroxylation is 2. The summed E-state index contributed by atoms with van der Waals surface area (Å²) in [5.41, 5.74) is 4.50. The molecule has 3 rings (SSSR count). The molecule has 1 aromatic carbocycles. The molecule has 2 aromatic heterocycles. The maximum absolute atomic E-state index is 11.2. The van der Waals surface area contributed by atoms with Gasteiger partial charge in [0.05, 0.1) is 11.4 Å². The molecule has 0 spiro atoms. The third-order valence-corrected chi connectivity index (χ3v) is 4.15. The van der Waals surface area contributed by atoms with E-state index in [1.165, 1.54) is 4.88 Å². The Labute approximate surface area is 127 Å². The van der Waals surface area contributed by atoms with E-state index in [1.807, 2.05) is 37.4 Å². The van der Waals surface area contributed by atoms with Gasteiger partial charge in [-0.1, -0.05) is 17.3 Å². The van der Waals surface area contributed by atoms with Gasteiger partial charge in [-0.15, -0.1) is 16.4 Å².